The van der Waals surface area contributed by atoms with E-state index in [0.717, 1.165) is 26.3 Å². The predicted molar refractivity (Wildman–Crippen MR) is 123 cm³/mol. The van der Waals surface area contributed by atoms with Crippen LogP contribution in [-0.2, 0) is 32.6 Å². The van der Waals surface area contributed by atoms with Crippen molar-refractivity contribution in [1.82, 2.24) is 0 Å². The fourth-order valence-electron chi connectivity index (χ4n) is 3.30. The Morgan fingerprint density at radius 2 is 1.43 bits per heavy atom. The average molecular weight is 705 g/mol. The van der Waals surface area contributed by atoms with Gasteiger partial charge in [0.2, 0.25) is 0 Å². The minimum Gasteiger partial charge on any atom is -1.00 e. The molecular formula is C24H15Br3Cl2Zr. The molecule has 0 fully saturated rings. The predicted octanol–water partition coefficient (Wildman–Crippen LogP) is 2.18. The molecule has 0 aromatic heterocycles. The second-order valence-electron chi connectivity index (χ2n) is 6.40. The first-order chi connectivity index (χ1) is 13.1. The van der Waals surface area contributed by atoms with Crippen molar-refractivity contribution in [2.45, 2.75) is 12.8 Å². The molecule has 0 saturated carbocycles. The monoisotopic (exact) mass is 700 g/mol. The van der Waals surface area contributed by atoms with Crippen LogP contribution >= 0.6 is 47.8 Å². The first kappa shape index (κ1) is 28.1. The second-order valence-corrected chi connectivity index (χ2v) is 9.08. The number of fused-ring (bicyclic) bond motifs is 3. The number of benzene rings is 3. The molecule has 0 atom stereocenters. The van der Waals surface area contributed by atoms with Gasteiger partial charge in [-0.1, -0.05) is 76.0 Å². The van der Waals surface area contributed by atoms with E-state index in [2.05, 4.69) is 121 Å². The van der Waals surface area contributed by atoms with Crippen LogP contribution in [-0.4, -0.2) is 0 Å². The molecule has 2 aliphatic rings. The summed E-state index contributed by atoms with van der Waals surface area (Å²) in [5.74, 6) is 0. The van der Waals surface area contributed by atoms with Gasteiger partial charge in [0.25, 0.3) is 0 Å². The Hall–Kier alpha value is 0.0431. The SMILES string of the molecule is Brc1[c-]c2c(cc1)-c1ccc(Br)cc1C2.Brc1ccc(C2=CC[C-]=C2)cc1.[Cl-].[Cl-].[Zr+4]. The van der Waals surface area contributed by atoms with Gasteiger partial charge in [0.05, 0.1) is 0 Å². The largest absolute Gasteiger partial charge is 4.00 e. The number of halogens is 5. The van der Waals surface area contributed by atoms with Gasteiger partial charge in [0.1, 0.15) is 0 Å². The maximum Gasteiger partial charge on any atom is 4.00 e. The van der Waals surface area contributed by atoms with Gasteiger partial charge in [0, 0.05) is 8.95 Å². The summed E-state index contributed by atoms with van der Waals surface area (Å²) in [7, 11) is 0. The molecule has 2 aliphatic carbocycles. The Morgan fingerprint density at radius 1 is 0.767 bits per heavy atom. The molecule has 0 spiro atoms. The van der Waals surface area contributed by atoms with Crippen molar-refractivity contribution in [3.05, 3.63) is 109 Å². The molecule has 5 rings (SSSR count). The minimum atomic E-state index is 0. The van der Waals surface area contributed by atoms with Gasteiger partial charge >= 0.3 is 26.2 Å². The summed E-state index contributed by atoms with van der Waals surface area (Å²) in [6, 6.07) is 22.4. The second kappa shape index (κ2) is 12.9. The number of hydrogen-bond acceptors (Lipinski definition) is 0. The van der Waals surface area contributed by atoms with Gasteiger partial charge in [-0.15, -0.1) is 23.1 Å². The van der Waals surface area contributed by atoms with Gasteiger partial charge in [-0.25, -0.2) is 6.08 Å². The van der Waals surface area contributed by atoms with Gasteiger partial charge in [-0.3, -0.25) is 6.08 Å². The van der Waals surface area contributed by atoms with Crippen LogP contribution in [0.25, 0.3) is 16.7 Å². The van der Waals surface area contributed by atoms with E-state index < -0.39 is 0 Å². The van der Waals surface area contributed by atoms with Crippen LogP contribution < -0.4 is 24.8 Å². The molecule has 3 aromatic carbocycles. The molecule has 0 aliphatic heterocycles. The van der Waals surface area contributed by atoms with E-state index in [0.29, 0.717) is 0 Å². The van der Waals surface area contributed by atoms with Crippen molar-refractivity contribution in [3.8, 4) is 11.1 Å². The van der Waals surface area contributed by atoms with E-state index in [9.17, 15) is 0 Å². The summed E-state index contributed by atoms with van der Waals surface area (Å²) in [6.07, 6.45) is 9.32. The van der Waals surface area contributed by atoms with Crippen molar-refractivity contribution in [2.24, 2.45) is 0 Å². The van der Waals surface area contributed by atoms with Crippen LogP contribution in [0.5, 0.6) is 0 Å². The number of hydrogen-bond donors (Lipinski definition) is 0. The molecule has 150 valence electrons. The third kappa shape index (κ3) is 6.77. The van der Waals surface area contributed by atoms with Gasteiger partial charge in [-0.2, -0.15) is 29.8 Å². The van der Waals surface area contributed by atoms with Crippen molar-refractivity contribution in [2.75, 3.05) is 0 Å². The zero-order valence-corrected chi connectivity index (χ0v) is 24.4. The average Bonchev–Trinajstić information content (AvgIpc) is 3.29. The van der Waals surface area contributed by atoms with Crippen molar-refractivity contribution in [3.63, 3.8) is 0 Å². The Kier molecular flexibility index (Phi) is 12.1. The van der Waals surface area contributed by atoms with Crippen molar-refractivity contribution < 1.29 is 51.0 Å². The van der Waals surface area contributed by atoms with Gasteiger partial charge in [-0.05, 0) is 36.2 Å². The van der Waals surface area contributed by atoms with E-state index in [4.69, 9.17) is 0 Å². The molecule has 3 aromatic rings. The normalized spacial score (nSPS) is 12.2. The molecule has 0 N–H and O–H groups in total. The zero-order valence-electron chi connectivity index (χ0n) is 15.7. The third-order valence-electron chi connectivity index (χ3n) is 4.59. The Balaban J connectivity index is 0.000000278. The summed E-state index contributed by atoms with van der Waals surface area (Å²) < 4.78 is 3.30. The van der Waals surface area contributed by atoms with Crippen LogP contribution in [0, 0.1) is 12.1 Å². The Labute approximate surface area is 235 Å². The van der Waals surface area contributed by atoms with E-state index >= 15 is 0 Å². The van der Waals surface area contributed by atoms with E-state index in [1.165, 1.54) is 33.4 Å². The summed E-state index contributed by atoms with van der Waals surface area (Å²) in [5, 5.41) is 0. The maximum absolute atomic E-state index is 3.50. The van der Waals surface area contributed by atoms with Crippen LogP contribution in [0.2, 0.25) is 0 Å². The Morgan fingerprint density at radius 3 is 2.10 bits per heavy atom. The molecule has 0 radical (unpaired) electrons. The summed E-state index contributed by atoms with van der Waals surface area (Å²) in [5.41, 5.74) is 7.88. The molecule has 0 nitrogen and oxygen atoms in total. The van der Waals surface area contributed by atoms with Crippen LogP contribution in [0.15, 0.2) is 80.2 Å². The molecule has 0 unspecified atom stereocenters. The van der Waals surface area contributed by atoms with Crippen LogP contribution in [0.4, 0.5) is 0 Å². The number of rotatable bonds is 1. The molecule has 0 bridgehead atoms. The standard InChI is InChI=1S/C13H7Br2.C11H8Br.2ClH.Zr/c14-10-1-3-12-8(6-10)5-9-7-11(15)2-4-13(9)12;12-11-7-5-10(6-8-11)9-3-1-2-4-9;;;/h1-4,6H,5H2;3-8H,1H2;2*1H;/q2*-1;;;+4/p-2. The van der Waals surface area contributed by atoms with E-state index in [1.54, 1.807) is 0 Å². The summed E-state index contributed by atoms with van der Waals surface area (Å²) >= 11 is 10.4. The topological polar surface area (TPSA) is 0 Å². The van der Waals surface area contributed by atoms with Gasteiger partial charge in [0.15, 0.2) is 0 Å². The quantitative estimate of drug-likeness (QED) is 0.267. The first-order valence-electron chi connectivity index (χ1n) is 8.62. The van der Waals surface area contributed by atoms with Crippen LogP contribution in [0.3, 0.4) is 0 Å². The van der Waals surface area contributed by atoms with Crippen LogP contribution in [0.1, 0.15) is 23.1 Å². The van der Waals surface area contributed by atoms with Gasteiger partial charge < -0.3 is 24.8 Å². The fraction of sp³-hybridized carbons (Fsp3) is 0.0833. The van der Waals surface area contributed by atoms with E-state index in [-0.39, 0.29) is 51.0 Å². The maximum atomic E-state index is 3.50. The van der Waals surface area contributed by atoms with E-state index in [1.807, 2.05) is 6.08 Å². The minimum absolute atomic E-state index is 0. The molecule has 0 saturated heterocycles. The first-order valence-corrected chi connectivity index (χ1v) is 11.0. The molecule has 6 heteroatoms. The van der Waals surface area contributed by atoms with Crippen molar-refractivity contribution in [1.29, 1.82) is 0 Å². The molecule has 30 heavy (non-hydrogen) atoms. The molecule has 0 amide bonds. The summed E-state index contributed by atoms with van der Waals surface area (Å²) in [6.45, 7) is 0. The smallest absolute Gasteiger partial charge is 1.00 e. The van der Waals surface area contributed by atoms with Crippen molar-refractivity contribution >= 4 is 53.4 Å². The fourth-order valence-corrected chi connectivity index (χ4v) is 4.35. The zero-order chi connectivity index (χ0) is 18.8. The summed E-state index contributed by atoms with van der Waals surface area (Å²) in [4.78, 5) is 0. The third-order valence-corrected chi connectivity index (χ3v) is 6.08. The Bertz CT molecular complexity index is 1010. The molecule has 0 heterocycles. The molecular weight excluding hydrogens is 690 g/mol. The number of allylic oxidation sites excluding steroid dienone is 4.